The molecular weight excluding hydrogens is 376 g/mol. The van der Waals surface area contributed by atoms with E-state index in [1.807, 2.05) is 5.38 Å². The first-order chi connectivity index (χ1) is 9.90. The predicted octanol–water partition coefficient (Wildman–Crippen LogP) is 4.12. The van der Waals surface area contributed by atoms with Crippen molar-refractivity contribution in [2.24, 2.45) is 0 Å². The van der Waals surface area contributed by atoms with Gasteiger partial charge in [0.2, 0.25) is 0 Å². The smallest absolute Gasteiger partial charge is 0.266 e. The molecule has 0 saturated heterocycles. The molecule has 0 spiro atoms. The zero-order valence-corrected chi connectivity index (χ0v) is 14.5. The van der Waals surface area contributed by atoms with Crippen molar-refractivity contribution in [2.75, 3.05) is 19.4 Å². The Kier molecular flexibility index (Phi) is 5.03. The molecule has 7 heteroatoms. The first-order valence-corrected chi connectivity index (χ1v) is 8.00. The van der Waals surface area contributed by atoms with Crippen molar-refractivity contribution < 1.29 is 9.59 Å². The van der Waals surface area contributed by atoms with Gasteiger partial charge in [0, 0.05) is 23.6 Å². The lowest BCUT2D eigenvalue weighted by Crippen LogP contribution is -2.24. The SMILES string of the molecule is CN(C)C(=O)c1ccc(Cl)cc1NC(=O)c1sccc1Br. The fraction of sp³-hybridized carbons (Fsp3) is 0.143. The largest absolute Gasteiger partial charge is 0.345 e. The maximum atomic E-state index is 12.3. The molecule has 1 heterocycles. The van der Waals surface area contributed by atoms with Crippen molar-refractivity contribution in [3.05, 3.63) is 49.6 Å². The Morgan fingerprint density at radius 2 is 2.00 bits per heavy atom. The van der Waals surface area contributed by atoms with E-state index in [9.17, 15) is 9.59 Å². The molecule has 0 aliphatic rings. The van der Waals surface area contributed by atoms with Crippen LogP contribution < -0.4 is 5.32 Å². The molecule has 110 valence electrons. The average Bonchev–Trinajstić information content (AvgIpc) is 2.84. The third-order valence-corrected chi connectivity index (χ3v) is 4.76. The van der Waals surface area contributed by atoms with Gasteiger partial charge in [-0.1, -0.05) is 11.6 Å². The minimum atomic E-state index is -0.285. The van der Waals surface area contributed by atoms with Crippen molar-refractivity contribution in [3.8, 4) is 0 Å². The van der Waals surface area contributed by atoms with Gasteiger partial charge in [0.05, 0.1) is 11.3 Å². The number of nitrogens with one attached hydrogen (secondary N) is 1. The molecule has 1 aromatic carbocycles. The number of carbonyl (C=O) groups is 2. The zero-order chi connectivity index (χ0) is 15.6. The fourth-order valence-electron chi connectivity index (χ4n) is 1.68. The van der Waals surface area contributed by atoms with E-state index >= 15 is 0 Å². The molecular formula is C14H12BrClN2O2S. The van der Waals surface area contributed by atoms with E-state index < -0.39 is 0 Å². The minimum Gasteiger partial charge on any atom is -0.345 e. The maximum absolute atomic E-state index is 12.3. The normalized spacial score (nSPS) is 10.3. The molecule has 0 saturated carbocycles. The molecule has 0 atom stereocenters. The number of hydrogen-bond donors (Lipinski definition) is 1. The molecule has 21 heavy (non-hydrogen) atoms. The zero-order valence-electron chi connectivity index (χ0n) is 11.3. The molecule has 1 N–H and O–H groups in total. The third-order valence-electron chi connectivity index (χ3n) is 2.69. The highest BCUT2D eigenvalue weighted by Crippen LogP contribution is 2.26. The van der Waals surface area contributed by atoms with Gasteiger partial charge in [-0.2, -0.15) is 0 Å². The number of hydrogen-bond acceptors (Lipinski definition) is 3. The summed E-state index contributed by atoms with van der Waals surface area (Å²) < 4.78 is 0.715. The lowest BCUT2D eigenvalue weighted by Gasteiger charge is -2.15. The number of amides is 2. The second-order valence-corrected chi connectivity index (χ2v) is 6.65. The van der Waals surface area contributed by atoms with Crippen LogP contribution in [-0.2, 0) is 0 Å². The number of nitrogens with zero attached hydrogens (tertiary/aromatic N) is 1. The van der Waals surface area contributed by atoms with Gasteiger partial charge in [-0.25, -0.2) is 0 Å². The number of anilines is 1. The van der Waals surface area contributed by atoms with Gasteiger partial charge < -0.3 is 10.2 Å². The Morgan fingerprint density at radius 1 is 1.29 bits per heavy atom. The van der Waals surface area contributed by atoms with E-state index in [2.05, 4.69) is 21.2 Å². The standard InChI is InChI=1S/C14H12BrClN2O2S/c1-18(2)14(20)9-4-3-8(16)7-11(9)17-13(19)12-10(15)5-6-21-12/h3-7H,1-2H3,(H,17,19). The van der Waals surface area contributed by atoms with Crippen LogP contribution in [0.25, 0.3) is 0 Å². The highest BCUT2D eigenvalue weighted by molar-refractivity contribution is 9.10. The van der Waals surface area contributed by atoms with Crippen molar-refractivity contribution in [3.63, 3.8) is 0 Å². The van der Waals surface area contributed by atoms with E-state index in [0.29, 0.717) is 25.6 Å². The molecule has 2 amide bonds. The number of benzene rings is 1. The predicted molar refractivity (Wildman–Crippen MR) is 89.4 cm³/mol. The monoisotopic (exact) mass is 386 g/mol. The van der Waals surface area contributed by atoms with Crippen LogP contribution in [0.3, 0.4) is 0 Å². The van der Waals surface area contributed by atoms with Gasteiger partial charge in [0.1, 0.15) is 4.88 Å². The maximum Gasteiger partial charge on any atom is 0.266 e. The number of rotatable bonds is 3. The highest BCUT2D eigenvalue weighted by atomic mass is 79.9. The van der Waals surface area contributed by atoms with Crippen molar-refractivity contribution in [1.29, 1.82) is 0 Å². The first kappa shape index (κ1) is 16.0. The quantitative estimate of drug-likeness (QED) is 0.861. The second-order valence-electron chi connectivity index (χ2n) is 4.44. The minimum absolute atomic E-state index is 0.202. The summed E-state index contributed by atoms with van der Waals surface area (Å²) in [7, 11) is 3.30. The Hall–Kier alpha value is -1.37. The molecule has 0 unspecified atom stereocenters. The molecule has 2 aromatic rings. The average molecular weight is 388 g/mol. The van der Waals surface area contributed by atoms with Crippen LogP contribution in [0.4, 0.5) is 5.69 Å². The second kappa shape index (κ2) is 6.60. The van der Waals surface area contributed by atoms with E-state index in [1.54, 1.807) is 38.4 Å². The lowest BCUT2D eigenvalue weighted by atomic mass is 10.1. The van der Waals surface area contributed by atoms with Crippen LogP contribution in [0.15, 0.2) is 34.1 Å². The summed E-state index contributed by atoms with van der Waals surface area (Å²) in [6.45, 7) is 0. The van der Waals surface area contributed by atoms with Gasteiger partial charge >= 0.3 is 0 Å². The van der Waals surface area contributed by atoms with E-state index in [-0.39, 0.29) is 11.8 Å². The fourth-order valence-corrected chi connectivity index (χ4v) is 3.30. The van der Waals surface area contributed by atoms with Crippen LogP contribution >= 0.6 is 38.9 Å². The summed E-state index contributed by atoms with van der Waals surface area (Å²) >= 11 is 10.6. The van der Waals surface area contributed by atoms with Gasteiger partial charge in [-0.3, -0.25) is 9.59 Å². The molecule has 4 nitrogen and oxygen atoms in total. The summed E-state index contributed by atoms with van der Waals surface area (Å²) in [4.78, 5) is 26.4. The van der Waals surface area contributed by atoms with Gasteiger partial charge in [0.25, 0.3) is 11.8 Å². The summed E-state index contributed by atoms with van der Waals surface area (Å²) in [5.74, 6) is -0.487. The van der Waals surface area contributed by atoms with Crippen LogP contribution in [0.2, 0.25) is 5.02 Å². The van der Waals surface area contributed by atoms with Crippen molar-refractivity contribution in [2.45, 2.75) is 0 Å². The topological polar surface area (TPSA) is 49.4 Å². The Balaban J connectivity index is 2.35. The van der Waals surface area contributed by atoms with Crippen molar-refractivity contribution in [1.82, 2.24) is 4.90 Å². The molecule has 2 rings (SSSR count). The molecule has 0 aliphatic heterocycles. The van der Waals surface area contributed by atoms with Crippen molar-refractivity contribution >= 4 is 56.4 Å². The number of thiophene rings is 1. The third kappa shape index (κ3) is 3.64. The summed E-state index contributed by atoms with van der Waals surface area (Å²) in [6.07, 6.45) is 0. The highest BCUT2D eigenvalue weighted by Gasteiger charge is 2.18. The van der Waals surface area contributed by atoms with Crippen LogP contribution in [0.1, 0.15) is 20.0 Å². The molecule has 0 radical (unpaired) electrons. The number of carbonyl (C=O) groups excluding carboxylic acids is 2. The van der Waals surface area contributed by atoms with E-state index in [0.717, 1.165) is 0 Å². The molecule has 0 aliphatic carbocycles. The van der Waals surface area contributed by atoms with Crippen LogP contribution in [0, 0.1) is 0 Å². The summed E-state index contributed by atoms with van der Waals surface area (Å²) in [6, 6.07) is 6.58. The van der Waals surface area contributed by atoms with Crippen LogP contribution in [0.5, 0.6) is 0 Å². The Labute approximate surface area is 139 Å². The number of halogens is 2. The van der Waals surface area contributed by atoms with E-state index in [4.69, 9.17) is 11.6 Å². The van der Waals surface area contributed by atoms with Crippen LogP contribution in [-0.4, -0.2) is 30.8 Å². The first-order valence-electron chi connectivity index (χ1n) is 5.95. The Bertz CT molecular complexity index is 700. The Morgan fingerprint density at radius 3 is 2.57 bits per heavy atom. The molecule has 0 bridgehead atoms. The van der Waals surface area contributed by atoms with Gasteiger partial charge in [-0.05, 0) is 45.6 Å². The summed E-state index contributed by atoms with van der Waals surface area (Å²) in [5, 5.41) is 5.00. The molecule has 0 fully saturated rings. The summed E-state index contributed by atoms with van der Waals surface area (Å²) in [5.41, 5.74) is 0.789. The van der Waals surface area contributed by atoms with E-state index in [1.165, 1.54) is 16.2 Å². The molecule has 1 aromatic heterocycles. The van der Waals surface area contributed by atoms with Gasteiger partial charge in [-0.15, -0.1) is 11.3 Å². The lowest BCUT2D eigenvalue weighted by molar-refractivity contribution is 0.0828. The van der Waals surface area contributed by atoms with Gasteiger partial charge in [0.15, 0.2) is 0 Å².